The fourth-order valence-corrected chi connectivity index (χ4v) is 1.88. The van der Waals surface area contributed by atoms with Gasteiger partial charge in [0, 0.05) is 26.1 Å². The molecule has 1 aromatic rings. The summed E-state index contributed by atoms with van der Waals surface area (Å²) in [6, 6.07) is 8.58. The van der Waals surface area contributed by atoms with Crippen LogP contribution in [0.2, 0.25) is 0 Å². The highest BCUT2D eigenvalue weighted by molar-refractivity contribution is 5.80. The number of nitriles is 1. The van der Waals surface area contributed by atoms with Crippen LogP contribution in [0, 0.1) is 11.3 Å². The van der Waals surface area contributed by atoms with Gasteiger partial charge in [0.1, 0.15) is 5.75 Å². The summed E-state index contributed by atoms with van der Waals surface area (Å²) in [6.45, 7) is 1.32. The van der Waals surface area contributed by atoms with Crippen molar-refractivity contribution in [1.82, 2.24) is 10.2 Å². The second-order valence-electron chi connectivity index (χ2n) is 4.41. The van der Waals surface area contributed by atoms with Gasteiger partial charge in [0.05, 0.1) is 11.6 Å². The van der Waals surface area contributed by atoms with Gasteiger partial charge < -0.3 is 15.0 Å². The van der Waals surface area contributed by atoms with Gasteiger partial charge in [0.15, 0.2) is 6.61 Å². The standard InChI is InChI=1S/C14H15N3O3/c15-9-11-1-3-12(4-2-11)20-10-14(19)17-7-5-13(18)16-6-8-17/h1-4H,5-8,10H2,(H,16,18). The molecule has 1 aromatic carbocycles. The van der Waals surface area contributed by atoms with Crippen LogP contribution in [0.5, 0.6) is 5.75 Å². The average Bonchev–Trinajstić information content (AvgIpc) is 2.70. The van der Waals surface area contributed by atoms with Gasteiger partial charge in [-0.25, -0.2) is 0 Å². The van der Waals surface area contributed by atoms with Gasteiger partial charge in [-0.3, -0.25) is 9.59 Å². The Morgan fingerprint density at radius 3 is 2.80 bits per heavy atom. The minimum atomic E-state index is -0.147. The van der Waals surface area contributed by atoms with Gasteiger partial charge in [-0.05, 0) is 24.3 Å². The number of amides is 2. The number of carbonyl (C=O) groups is 2. The third-order valence-electron chi connectivity index (χ3n) is 3.01. The summed E-state index contributed by atoms with van der Waals surface area (Å²) in [4.78, 5) is 24.8. The fourth-order valence-electron chi connectivity index (χ4n) is 1.88. The van der Waals surface area contributed by atoms with Gasteiger partial charge in [0.2, 0.25) is 5.91 Å². The van der Waals surface area contributed by atoms with Crippen molar-refractivity contribution >= 4 is 11.8 Å². The van der Waals surface area contributed by atoms with Crippen molar-refractivity contribution in [3.8, 4) is 11.8 Å². The normalized spacial score (nSPS) is 14.9. The zero-order valence-corrected chi connectivity index (χ0v) is 11.0. The van der Waals surface area contributed by atoms with Gasteiger partial charge in [0.25, 0.3) is 5.91 Å². The first kappa shape index (κ1) is 13.9. The molecule has 6 heteroatoms. The number of hydrogen-bond donors (Lipinski definition) is 1. The van der Waals surface area contributed by atoms with E-state index in [9.17, 15) is 9.59 Å². The number of rotatable bonds is 3. The lowest BCUT2D eigenvalue weighted by molar-refractivity contribution is -0.133. The lowest BCUT2D eigenvalue weighted by Gasteiger charge is -2.19. The molecule has 0 aromatic heterocycles. The van der Waals surface area contributed by atoms with Crippen molar-refractivity contribution in [2.75, 3.05) is 26.2 Å². The summed E-state index contributed by atoms with van der Waals surface area (Å²) in [5, 5.41) is 11.4. The van der Waals surface area contributed by atoms with Crippen molar-refractivity contribution in [3.63, 3.8) is 0 Å². The maximum atomic E-state index is 12.0. The second-order valence-corrected chi connectivity index (χ2v) is 4.41. The Kier molecular flexibility index (Phi) is 4.56. The molecule has 0 saturated carbocycles. The molecule has 2 rings (SSSR count). The van der Waals surface area contributed by atoms with Crippen LogP contribution < -0.4 is 10.1 Å². The zero-order valence-electron chi connectivity index (χ0n) is 11.0. The Morgan fingerprint density at radius 2 is 2.10 bits per heavy atom. The molecule has 1 fully saturated rings. The third-order valence-corrected chi connectivity index (χ3v) is 3.01. The van der Waals surface area contributed by atoms with Gasteiger partial charge in [-0.1, -0.05) is 0 Å². The van der Waals surface area contributed by atoms with E-state index in [-0.39, 0.29) is 18.4 Å². The van der Waals surface area contributed by atoms with Crippen LogP contribution in [0.4, 0.5) is 0 Å². The van der Waals surface area contributed by atoms with Crippen LogP contribution in [0.25, 0.3) is 0 Å². The molecule has 0 spiro atoms. The zero-order chi connectivity index (χ0) is 14.4. The van der Waals surface area contributed by atoms with E-state index < -0.39 is 0 Å². The van der Waals surface area contributed by atoms with E-state index in [0.29, 0.717) is 37.4 Å². The molecular formula is C14H15N3O3. The summed E-state index contributed by atoms with van der Waals surface area (Å²) in [7, 11) is 0. The average molecular weight is 273 g/mol. The molecular weight excluding hydrogens is 258 g/mol. The van der Waals surface area contributed by atoms with Gasteiger partial charge in [-0.2, -0.15) is 5.26 Å². The van der Waals surface area contributed by atoms with Crippen LogP contribution in [-0.4, -0.2) is 43.0 Å². The molecule has 104 valence electrons. The minimum Gasteiger partial charge on any atom is -0.484 e. The molecule has 2 amide bonds. The number of hydrogen-bond acceptors (Lipinski definition) is 4. The number of benzene rings is 1. The summed E-state index contributed by atoms with van der Waals surface area (Å²) in [5.74, 6) is 0.362. The molecule has 1 saturated heterocycles. The maximum Gasteiger partial charge on any atom is 0.260 e. The van der Waals surface area contributed by atoms with E-state index in [1.165, 1.54) is 0 Å². The molecule has 0 aliphatic carbocycles. The van der Waals surface area contributed by atoms with E-state index in [1.54, 1.807) is 29.2 Å². The molecule has 1 N–H and O–H groups in total. The van der Waals surface area contributed by atoms with E-state index >= 15 is 0 Å². The quantitative estimate of drug-likeness (QED) is 0.858. The highest BCUT2D eigenvalue weighted by Crippen LogP contribution is 2.11. The first-order chi connectivity index (χ1) is 9.69. The highest BCUT2D eigenvalue weighted by atomic mass is 16.5. The van der Waals surface area contributed by atoms with Crippen molar-refractivity contribution in [3.05, 3.63) is 29.8 Å². The lowest BCUT2D eigenvalue weighted by atomic mass is 10.2. The van der Waals surface area contributed by atoms with Crippen LogP contribution in [0.3, 0.4) is 0 Å². The van der Waals surface area contributed by atoms with E-state index in [4.69, 9.17) is 10.00 Å². The second kappa shape index (κ2) is 6.57. The first-order valence-electron chi connectivity index (χ1n) is 6.36. The Morgan fingerprint density at radius 1 is 1.35 bits per heavy atom. The highest BCUT2D eigenvalue weighted by Gasteiger charge is 2.18. The number of ether oxygens (including phenoxy) is 1. The summed E-state index contributed by atoms with van der Waals surface area (Å²) in [6.07, 6.45) is 0.322. The predicted molar refractivity (Wildman–Crippen MR) is 70.9 cm³/mol. The molecule has 6 nitrogen and oxygen atoms in total. The van der Waals surface area contributed by atoms with Gasteiger partial charge in [-0.15, -0.1) is 0 Å². The smallest absolute Gasteiger partial charge is 0.260 e. The fraction of sp³-hybridized carbons (Fsp3) is 0.357. The molecule has 0 bridgehead atoms. The van der Waals surface area contributed by atoms with Crippen LogP contribution in [0.1, 0.15) is 12.0 Å². The van der Waals surface area contributed by atoms with Crippen LogP contribution in [0.15, 0.2) is 24.3 Å². The Hall–Kier alpha value is -2.55. The largest absolute Gasteiger partial charge is 0.484 e. The van der Waals surface area contributed by atoms with Crippen molar-refractivity contribution in [2.24, 2.45) is 0 Å². The first-order valence-corrected chi connectivity index (χ1v) is 6.36. The Labute approximate surface area is 116 Å². The summed E-state index contributed by atoms with van der Waals surface area (Å²) < 4.78 is 5.38. The molecule has 20 heavy (non-hydrogen) atoms. The summed E-state index contributed by atoms with van der Waals surface area (Å²) in [5.41, 5.74) is 0.542. The SMILES string of the molecule is N#Cc1ccc(OCC(=O)N2CCNC(=O)CC2)cc1. The number of carbonyl (C=O) groups excluding carboxylic acids is 2. The minimum absolute atomic E-state index is 0.0340. The van der Waals surface area contributed by atoms with Gasteiger partial charge >= 0.3 is 0 Å². The van der Waals surface area contributed by atoms with E-state index in [1.807, 2.05) is 6.07 Å². The van der Waals surface area contributed by atoms with E-state index in [2.05, 4.69) is 5.32 Å². The van der Waals surface area contributed by atoms with Crippen LogP contribution in [-0.2, 0) is 9.59 Å². The molecule has 0 radical (unpaired) electrons. The summed E-state index contributed by atoms with van der Waals surface area (Å²) >= 11 is 0. The van der Waals surface area contributed by atoms with Crippen LogP contribution >= 0.6 is 0 Å². The number of nitrogens with one attached hydrogen (secondary N) is 1. The molecule has 0 unspecified atom stereocenters. The molecule has 0 atom stereocenters. The lowest BCUT2D eigenvalue weighted by Crippen LogP contribution is -2.37. The monoisotopic (exact) mass is 273 g/mol. The Bertz CT molecular complexity index is 534. The number of nitrogens with zero attached hydrogens (tertiary/aromatic N) is 2. The predicted octanol–water partition coefficient (Wildman–Crippen LogP) is 0.286. The maximum absolute atomic E-state index is 12.0. The molecule has 1 heterocycles. The topological polar surface area (TPSA) is 82.4 Å². The van der Waals surface area contributed by atoms with E-state index in [0.717, 1.165) is 0 Å². The van der Waals surface area contributed by atoms with Crippen molar-refractivity contribution in [2.45, 2.75) is 6.42 Å². The molecule has 1 aliphatic rings. The van der Waals surface area contributed by atoms with Crippen molar-refractivity contribution in [1.29, 1.82) is 5.26 Å². The third kappa shape index (κ3) is 3.72. The molecule has 1 aliphatic heterocycles. The van der Waals surface area contributed by atoms with Crippen molar-refractivity contribution < 1.29 is 14.3 Å². The Balaban J connectivity index is 1.85.